The highest BCUT2D eigenvalue weighted by atomic mass is 16.5. The van der Waals surface area contributed by atoms with Crippen molar-refractivity contribution in [2.75, 3.05) is 40.0 Å². The monoisotopic (exact) mass is 187 g/mol. The molecule has 0 aromatic carbocycles. The van der Waals surface area contributed by atoms with Crippen molar-refractivity contribution in [3.8, 4) is 0 Å². The Bertz CT molecular complexity index is 113. The van der Waals surface area contributed by atoms with Crippen LogP contribution < -0.4 is 5.32 Å². The van der Waals surface area contributed by atoms with Gasteiger partial charge in [-0.25, -0.2) is 0 Å². The van der Waals surface area contributed by atoms with Gasteiger partial charge in [-0.15, -0.1) is 0 Å². The predicted octanol–water partition coefficient (Wildman–Crippen LogP) is 1.04. The Morgan fingerprint density at radius 1 is 1.46 bits per heavy atom. The first-order chi connectivity index (χ1) is 6.43. The number of methoxy groups -OCH3 is 1. The molecule has 13 heavy (non-hydrogen) atoms. The lowest BCUT2D eigenvalue weighted by Gasteiger charge is -2.07. The molecule has 3 heteroatoms. The molecule has 3 nitrogen and oxygen atoms in total. The van der Waals surface area contributed by atoms with Gasteiger partial charge in [0.05, 0.1) is 6.61 Å². The molecular formula is C10H21NO2. The minimum atomic E-state index is 0.812. The van der Waals surface area contributed by atoms with Crippen molar-refractivity contribution in [3.63, 3.8) is 0 Å². The van der Waals surface area contributed by atoms with Crippen LogP contribution in [0.15, 0.2) is 0 Å². The van der Waals surface area contributed by atoms with E-state index in [0.29, 0.717) is 0 Å². The van der Waals surface area contributed by atoms with E-state index in [0.717, 1.165) is 38.8 Å². The predicted molar refractivity (Wildman–Crippen MR) is 52.9 cm³/mol. The number of hydrogen-bond acceptors (Lipinski definition) is 3. The first kappa shape index (κ1) is 11.0. The minimum Gasteiger partial charge on any atom is -0.383 e. The molecule has 0 aromatic rings. The van der Waals surface area contributed by atoms with Crippen molar-refractivity contribution in [2.24, 2.45) is 5.92 Å². The molecule has 0 bridgehead atoms. The fourth-order valence-electron chi connectivity index (χ4n) is 1.63. The first-order valence-electron chi connectivity index (χ1n) is 5.21. The van der Waals surface area contributed by atoms with Gasteiger partial charge in [-0.2, -0.15) is 0 Å². The Hall–Kier alpha value is -0.120. The molecule has 1 heterocycles. The highest BCUT2D eigenvalue weighted by Gasteiger charge is 2.14. The lowest BCUT2D eigenvalue weighted by molar-refractivity contribution is 0.183. The molecule has 1 N–H and O–H groups in total. The molecule has 0 spiro atoms. The lowest BCUT2D eigenvalue weighted by Crippen LogP contribution is -2.20. The second-order valence-corrected chi connectivity index (χ2v) is 3.61. The van der Waals surface area contributed by atoms with Crippen molar-refractivity contribution in [1.82, 2.24) is 5.32 Å². The standard InChI is InChI=1S/C10H21NO2/c1-12-8-6-11-5-2-3-10-4-7-13-9-10/h10-11H,2-9H2,1H3. The van der Waals surface area contributed by atoms with E-state index >= 15 is 0 Å². The summed E-state index contributed by atoms with van der Waals surface area (Å²) < 4.78 is 10.3. The molecular weight excluding hydrogens is 166 g/mol. The molecule has 1 rings (SSSR count). The van der Waals surface area contributed by atoms with Crippen LogP contribution in [0.2, 0.25) is 0 Å². The van der Waals surface area contributed by atoms with Crippen molar-refractivity contribution in [1.29, 1.82) is 0 Å². The average molecular weight is 187 g/mol. The van der Waals surface area contributed by atoms with Crippen molar-refractivity contribution in [2.45, 2.75) is 19.3 Å². The van der Waals surface area contributed by atoms with Crippen molar-refractivity contribution in [3.05, 3.63) is 0 Å². The first-order valence-corrected chi connectivity index (χ1v) is 5.21. The summed E-state index contributed by atoms with van der Waals surface area (Å²) in [7, 11) is 1.73. The lowest BCUT2D eigenvalue weighted by atomic mass is 10.0. The van der Waals surface area contributed by atoms with Gasteiger partial charge >= 0.3 is 0 Å². The minimum absolute atomic E-state index is 0.812. The third kappa shape index (κ3) is 5.24. The fraction of sp³-hybridized carbons (Fsp3) is 1.00. The summed E-state index contributed by atoms with van der Waals surface area (Å²) in [6, 6.07) is 0. The van der Waals surface area contributed by atoms with E-state index in [1.54, 1.807) is 7.11 Å². The van der Waals surface area contributed by atoms with Crippen LogP contribution in [0.5, 0.6) is 0 Å². The van der Waals surface area contributed by atoms with Crippen LogP contribution in [0.4, 0.5) is 0 Å². The summed E-state index contributed by atoms with van der Waals surface area (Å²) in [4.78, 5) is 0. The number of hydrogen-bond donors (Lipinski definition) is 1. The van der Waals surface area contributed by atoms with Gasteiger partial charge in [-0.3, -0.25) is 0 Å². The van der Waals surface area contributed by atoms with Gasteiger partial charge in [0.1, 0.15) is 0 Å². The molecule has 0 aliphatic carbocycles. The Labute approximate surface area is 80.8 Å². The van der Waals surface area contributed by atoms with Crippen LogP contribution in [-0.4, -0.2) is 40.0 Å². The molecule has 1 atom stereocenters. The maximum Gasteiger partial charge on any atom is 0.0587 e. The van der Waals surface area contributed by atoms with Crippen molar-refractivity contribution < 1.29 is 9.47 Å². The van der Waals surface area contributed by atoms with E-state index in [2.05, 4.69) is 5.32 Å². The summed E-state index contributed by atoms with van der Waals surface area (Å²) in [5.74, 6) is 0.823. The molecule has 0 saturated carbocycles. The smallest absolute Gasteiger partial charge is 0.0587 e. The van der Waals surface area contributed by atoms with E-state index in [1.165, 1.54) is 19.3 Å². The molecule has 1 fully saturated rings. The summed E-state index contributed by atoms with van der Waals surface area (Å²) in [6.45, 7) is 4.85. The summed E-state index contributed by atoms with van der Waals surface area (Å²) in [5, 5.41) is 3.34. The van der Waals surface area contributed by atoms with E-state index in [4.69, 9.17) is 9.47 Å². The topological polar surface area (TPSA) is 30.5 Å². The highest BCUT2D eigenvalue weighted by molar-refractivity contribution is 4.64. The Balaban J connectivity index is 1.78. The van der Waals surface area contributed by atoms with Crippen LogP contribution >= 0.6 is 0 Å². The van der Waals surface area contributed by atoms with Crippen molar-refractivity contribution >= 4 is 0 Å². The number of nitrogens with one attached hydrogen (secondary N) is 1. The highest BCUT2D eigenvalue weighted by Crippen LogP contribution is 2.17. The van der Waals surface area contributed by atoms with Gasteiger partial charge < -0.3 is 14.8 Å². The molecule has 1 saturated heterocycles. The maximum absolute atomic E-state index is 5.31. The largest absolute Gasteiger partial charge is 0.383 e. The van der Waals surface area contributed by atoms with Crippen LogP contribution in [0.25, 0.3) is 0 Å². The Morgan fingerprint density at radius 3 is 3.08 bits per heavy atom. The molecule has 78 valence electrons. The quantitative estimate of drug-likeness (QED) is 0.604. The average Bonchev–Trinajstić information content (AvgIpc) is 2.63. The van der Waals surface area contributed by atoms with Gasteiger partial charge in [-0.1, -0.05) is 0 Å². The Kier molecular flexibility index (Phi) is 6.15. The van der Waals surface area contributed by atoms with E-state index in [1.807, 2.05) is 0 Å². The Morgan fingerprint density at radius 2 is 2.38 bits per heavy atom. The normalized spacial score (nSPS) is 22.4. The molecule has 0 radical (unpaired) electrons. The number of ether oxygens (including phenoxy) is 2. The van der Waals surface area contributed by atoms with E-state index in [9.17, 15) is 0 Å². The third-order valence-electron chi connectivity index (χ3n) is 2.47. The zero-order valence-corrected chi connectivity index (χ0v) is 8.55. The van der Waals surface area contributed by atoms with E-state index in [-0.39, 0.29) is 0 Å². The van der Waals surface area contributed by atoms with Crippen LogP contribution in [-0.2, 0) is 9.47 Å². The van der Waals surface area contributed by atoms with Crippen LogP contribution in [0, 0.1) is 5.92 Å². The zero-order chi connectivity index (χ0) is 9.36. The molecule has 1 aliphatic rings. The summed E-state index contributed by atoms with van der Waals surface area (Å²) in [5.41, 5.74) is 0. The van der Waals surface area contributed by atoms with Crippen LogP contribution in [0.1, 0.15) is 19.3 Å². The molecule has 1 unspecified atom stereocenters. The second kappa shape index (κ2) is 7.30. The van der Waals surface area contributed by atoms with Gasteiger partial charge in [-0.05, 0) is 31.7 Å². The SMILES string of the molecule is COCCNCCCC1CCOC1. The van der Waals surface area contributed by atoms with E-state index < -0.39 is 0 Å². The summed E-state index contributed by atoms with van der Waals surface area (Å²) in [6.07, 6.45) is 3.83. The fourth-order valence-corrected chi connectivity index (χ4v) is 1.63. The van der Waals surface area contributed by atoms with Gasteiger partial charge in [0.25, 0.3) is 0 Å². The van der Waals surface area contributed by atoms with Gasteiger partial charge in [0.2, 0.25) is 0 Å². The van der Waals surface area contributed by atoms with Gasteiger partial charge in [0, 0.05) is 26.9 Å². The maximum atomic E-state index is 5.31. The third-order valence-corrected chi connectivity index (χ3v) is 2.47. The van der Waals surface area contributed by atoms with Crippen LogP contribution in [0.3, 0.4) is 0 Å². The number of rotatable bonds is 7. The second-order valence-electron chi connectivity index (χ2n) is 3.61. The molecule has 0 aromatic heterocycles. The van der Waals surface area contributed by atoms with Gasteiger partial charge in [0.15, 0.2) is 0 Å². The molecule has 1 aliphatic heterocycles. The molecule has 0 amide bonds. The summed E-state index contributed by atoms with van der Waals surface area (Å²) >= 11 is 0. The zero-order valence-electron chi connectivity index (χ0n) is 8.55.